The molecular weight excluding hydrogens is 544 g/mol. The molecule has 0 aromatic heterocycles. The summed E-state index contributed by atoms with van der Waals surface area (Å²) in [6, 6.07) is 32.1. The number of halogens is 1. The van der Waals surface area contributed by atoms with Gasteiger partial charge in [-0.15, -0.1) is 0 Å². The van der Waals surface area contributed by atoms with Gasteiger partial charge in [0.05, 0.1) is 6.21 Å². The summed E-state index contributed by atoms with van der Waals surface area (Å²) >= 11 is 3.40. The van der Waals surface area contributed by atoms with E-state index >= 15 is 0 Å². The molecule has 190 valence electrons. The minimum absolute atomic E-state index is 0.303. The predicted octanol–water partition coefficient (Wildman–Crippen LogP) is 6.65. The minimum atomic E-state index is -0.780. The zero-order valence-corrected chi connectivity index (χ0v) is 22.2. The summed E-state index contributed by atoms with van der Waals surface area (Å²) in [4.78, 5) is 24.8. The Bertz CT molecular complexity index is 1440. The highest BCUT2D eigenvalue weighted by Crippen LogP contribution is 2.23. The Morgan fingerprint density at radius 2 is 1.53 bits per heavy atom. The monoisotopic (exact) mass is 568 g/mol. The highest BCUT2D eigenvalue weighted by molar-refractivity contribution is 9.10. The van der Waals surface area contributed by atoms with Crippen molar-refractivity contribution in [3.8, 4) is 22.6 Å². The Balaban J connectivity index is 1.34. The maximum atomic E-state index is 12.5. The molecule has 1 atom stereocenters. The number of carbonyl (C=O) groups excluding carboxylic acids is 2. The van der Waals surface area contributed by atoms with E-state index < -0.39 is 18.0 Å². The van der Waals surface area contributed by atoms with Crippen molar-refractivity contribution in [1.82, 2.24) is 5.43 Å². The average Bonchev–Trinajstić information content (AvgIpc) is 2.94. The molecular formula is C31H25BrN2O4. The third-order valence-electron chi connectivity index (χ3n) is 5.42. The fraction of sp³-hybridized carbons (Fsp3) is 0.0645. The van der Waals surface area contributed by atoms with Crippen molar-refractivity contribution in [1.29, 1.82) is 0 Å². The van der Waals surface area contributed by atoms with E-state index in [1.807, 2.05) is 84.9 Å². The topological polar surface area (TPSA) is 77.0 Å². The zero-order valence-electron chi connectivity index (χ0n) is 20.6. The van der Waals surface area contributed by atoms with Gasteiger partial charge in [-0.2, -0.15) is 5.10 Å². The van der Waals surface area contributed by atoms with E-state index in [2.05, 4.69) is 26.5 Å². The van der Waals surface area contributed by atoms with Gasteiger partial charge in [-0.3, -0.25) is 4.79 Å². The molecule has 0 unspecified atom stereocenters. The van der Waals surface area contributed by atoms with Crippen LogP contribution in [0.25, 0.3) is 17.2 Å². The molecule has 0 bridgehead atoms. The number of benzene rings is 4. The summed E-state index contributed by atoms with van der Waals surface area (Å²) in [7, 11) is 0. The maximum Gasteiger partial charge on any atom is 0.336 e. The molecule has 0 radical (unpaired) electrons. The number of ether oxygens (including phenoxy) is 2. The van der Waals surface area contributed by atoms with Gasteiger partial charge in [0.1, 0.15) is 11.5 Å². The van der Waals surface area contributed by atoms with Gasteiger partial charge < -0.3 is 9.47 Å². The van der Waals surface area contributed by atoms with E-state index in [-0.39, 0.29) is 0 Å². The van der Waals surface area contributed by atoms with Crippen molar-refractivity contribution < 1.29 is 19.1 Å². The van der Waals surface area contributed by atoms with Crippen molar-refractivity contribution in [3.05, 3.63) is 125 Å². The third-order valence-corrected chi connectivity index (χ3v) is 5.91. The maximum absolute atomic E-state index is 12.5. The predicted molar refractivity (Wildman–Crippen MR) is 153 cm³/mol. The van der Waals surface area contributed by atoms with Crippen LogP contribution in [0, 0.1) is 0 Å². The van der Waals surface area contributed by atoms with E-state index in [1.165, 1.54) is 12.3 Å². The van der Waals surface area contributed by atoms with E-state index in [4.69, 9.17) is 9.47 Å². The quantitative estimate of drug-likeness (QED) is 0.0805. The zero-order chi connectivity index (χ0) is 26.7. The summed E-state index contributed by atoms with van der Waals surface area (Å²) in [5.74, 6) is -0.0827. The first-order chi connectivity index (χ1) is 18.5. The van der Waals surface area contributed by atoms with Crippen LogP contribution in [0.5, 0.6) is 11.5 Å². The van der Waals surface area contributed by atoms with E-state index in [0.29, 0.717) is 17.1 Å². The number of nitrogens with zero attached hydrogens (tertiary/aromatic N) is 1. The molecule has 0 aliphatic rings. The Morgan fingerprint density at radius 1 is 0.868 bits per heavy atom. The molecule has 0 fully saturated rings. The molecule has 0 aliphatic carbocycles. The number of carbonyl (C=O) groups is 2. The van der Waals surface area contributed by atoms with Crippen molar-refractivity contribution in [2.45, 2.75) is 13.0 Å². The summed E-state index contributed by atoms with van der Waals surface area (Å²) < 4.78 is 12.0. The fourth-order valence-electron chi connectivity index (χ4n) is 3.45. The first-order valence-corrected chi connectivity index (χ1v) is 12.7. The van der Waals surface area contributed by atoms with E-state index in [9.17, 15) is 9.59 Å². The van der Waals surface area contributed by atoms with Gasteiger partial charge >= 0.3 is 5.97 Å². The van der Waals surface area contributed by atoms with E-state index in [0.717, 1.165) is 21.2 Å². The largest absolute Gasteiger partial charge is 0.481 e. The van der Waals surface area contributed by atoms with Crippen LogP contribution >= 0.6 is 15.9 Å². The molecule has 0 heterocycles. The van der Waals surface area contributed by atoms with Crippen LogP contribution in [0.4, 0.5) is 0 Å². The van der Waals surface area contributed by atoms with Crippen LogP contribution in [0.3, 0.4) is 0 Å². The van der Waals surface area contributed by atoms with Crippen LogP contribution in [0.2, 0.25) is 0 Å². The first kappa shape index (κ1) is 26.6. The molecule has 0 saturated heterocycles. The number of rotatable bonds is 9. The number of esters is 1. The SMILES string of the molecule is C[C@@H](Oc1ccc(-c2ccccc2)cc1)C(=O)N/N=C\c1cc(Br)ccc1OC(=O)/C=C/c1ccccc1. The van der Waals surface area contributed by atoms with Crippen LogP contribution in [0.1, 0.15) is 18.1 Å². The van der Waals surface area contributed by atoms with Crippen LogP contribution in [-0.2, 0) is 9.59 Å². The first-order valence-electron chi connectivity index (χ1n) is 11.9. The summed E-state index contributed by atoms with van der Waals surface area (Å²) in [6.45, 7) is 1.64. The summed E-state index contributed by atoms with van der Waals surface area (Å²) in [6.07, 6.45) is 3.66. The molecule has 4 rings (SSSR count). The second-order valence-corrected chi connectivity index (χ2v) is 9.15. The second-order valence-electron chi connectivity index (χ2n) is 8.23. The van der Waals surface area contributed by atoms with Gasteiger partial charge in [-0.05, 0) is 60.0 Å². The second kappa shape index (κ2) is 13.2. The molecule has 1 amide bonds. The molecule has 1 N–H and O–H groups in total. The van der Waals surface area contributed by atoms with Crippen LogP contribution < -0.4 is 14.9 Å². The Morgan fingerprint density at radius 3 is 2.24 bits per heavy atom. The van der Waals surface area contributed by atoms with Gasteiger partial charge in [0.15, 0.2) is 6.10 Å². The molecule has 7 heteroatoms. The highest BCUT2D eigenvalue weighted by atomic mass is 79.9. The number of nitrogens with one attached hydrogen (secondary N) is 1. The number of hydrazone groups is 1. The van der Waals surface area contributed by atoms with Crippen molar-refractivity contribution >= 4 is 40.1 Å². The van der Waals surface area contributed by atoms with Crippen molar-refractivity contribution in [2.24, 2.45) is 5.10 Å². The van der Waals surface area contributed by atoms with Crippen LogP contribution in [-0.4, -0.2) is 24.2 Å². The molecule has 0 saturated carbocycles. The lowest BCUT2D eigenvalue weighted by Crippen LogP contribution is -2.33. The Kier molecular flexibility index (Phi) is 9.21. The lowest BCUT2D eigenvalue weighted by molar-refractivity contribution is -0.129. The third kappa shape index (κ3) is 7.75. The molecule has 6 nitrogen and oxygen atoms in total. The fourth-order valence-corrected chi connectivity index (χ4v) is 3.83. The minimum Gasteiger partial charge on any atom is -0.481 e. The van der Waals surface area contributed by atoms with Gasteiger partial charge in [-0.25, -0.2) is 10.2 Å². The molecule has 0 aliphatic heterocycles. The lowest BCUT2D eigenvalue weighted by Gasteiger charge is -2.13. The number of amides is 1. The Labute approximate surface area is 229 Å². The van der Waals surface area contributed by atoms with Gasteiger partial charge in [0.2, 0.25) is 0 Å². The molecule has 38 heavy (non-hydrogen) atoms. The average molecular weight is 569 g/mol. The standard InChI is InChI=1S/C31H25BrN2O4/c1-22(37-28-16-13-25(14-17-28)24-10-6-3-7-11-24)31(36)34-33-21-26-20-27(32)15-18-29(26)38-30(35)19-12-23-8-4-2-5-9-23/h2-22H,1H3,(H,34,36)/b19-12+,33-21-/t22-/m1/s1. The van der Waals surface area contributed by atoms with E-state index in [1.54, 1.807) is 31.2 Å². The highest BCUT2D eigenvalue weighted by Gasteiger charge is 2.14. The number of hydrogen-bond acceptors (Lipinski definition) is 5. The normalized spacial score (nSPS) is 11.8. The smallest absolute Gasteiger partial charge is 0.336 e. The molecule has 4 aromatic carbocycles. The Hall–Kier alpha value is -4.49. The van der Waals surface area contributed by atoms with Gasteiger partial charge in [0, 0.05) is 16.1 Å². The molecule has 0 spiro atoms. The lowest BCUT2D eigenvalue weighted by atomic mass is 10.1. The van der Waals surface area contributed by atoms with Crippen molar-refractivity contribution in [3.63, 3.8) is 0 Å². The number of hydrogen-bond donors (Lipinski definition) is 1. The van der Waals surface area contributed by atoms with Gasteiger partial charge in [0.25, 0.3) is 5.91 Å². The van der Waals surface area contributed by atoms with Gasteiger partial charge in [-0.1, -0.05) is 88.7 Å². The summed E-state index contributed by atoms with van der Waals surface area (Å²) in [5.41, 5.74) is 6.02. The summed E-state index contributed by atoms with van der Waals surface area (Å²) in [5, 5.41) is 4.03. The van der Waals surface area contributed by atoms with Crippen LogP contribution in [0.15, 0.2) is 119 Å². The van der Waals surface area contributed by atoms with Crippen molar-refractivity contribution in [2.75, 3.05) is 0 Å². The molecule has 4 aromatic rings.